The Morgan fingerprint density at radius 1 is 1.19 bits per heavy atom. The molecule has 1 aliphatic rings. The van der Waals surface area contributed by atoms with Gasteiger partial charge in [0, 0.05) is 30.9 Å². The van der Waals surface area contributed by atoms with Crippen molar-refractivity contribution in [1.29, 1.82) is 0 Å². The molecule has 3 rings (SSSR count). The number of hydrogen-bond acceptors (Lipinski definition) is 2. The molecule has 21 heavy (non-hydrogen) atoms. The third kappa shape index (κ3) is 2.66. The number of anilines is 1. The van der Waals surface area contributed by atoms with Crippen LogP contribution in [0.3, 0.4) is 0 Å². The molecule has 0 saturated carbocycles. The molecule has 0 aromatic heterocycles. The number of fused-ring (bicyclic) bond motifs is 1. The van der Waals surface area contributed by atoms with Gasteiger partial charge in [0.05, 0.1) is 0 Å². The number of halogens is 1. The van der Waals surface area contributed by atoms with E-state index in [1.54, 1.807) is 6.07 Å². The van der Waals surface area contributed by atoms with Crippen LogP contribution in [0, 0.1) is 5.82 Å². The van der Waals surface area contributed by atoms with Crippen molar-refractivity contribution in [3.8, 4) is 11.1 Å². The van der Waals surface area contributed by atoms with Gasteiger partial charge in [0.2, 0.25) is 0 Å². The van der Waals surface area contributed by atoms with Gasteiger partial charge >= 0.3 is 0 Å². The maximum Gasteiger partial charge on any atom is 0.131 e. The molecule has 0 radical (unpaired) electrons. The minimum absolute atomic E-state index is 0.0897. The van der Waals surface area contributed by atoms with Crippen molar-refractivity contribution in [2.75, 3.05) is 18.5 Å². The van der Waals surface area contributed by atoms with Crippen LogP contribution in [-0.2, 0) is 6.42 Å². The molecular weight excluding hydrogens is 263 g/mol. The van der Waals surface area contributed by atoms with Gasteiger partial charge in [0.15, 0.2) is 0 Å². The summed E-state index contributed by atoms with van der Waals surface area (Å²) in [4.78, 5) is 2.26. The van der Waals surface area contributed by atoms with Crippen molar-refractivity contribution in [3.05, 3.63) is 53.3 Å². The van der Waals surface area contributed by atoms with E-state index >= 15 is 0 Å². The van der Waals surface area contributed by atoms with E-state index in [0.29, 0.717) is 5.56 Å². The second-order valence-electron chi connectivity index (χ2n) is 5.90. The predicted molar refractivity (Wildman–Crippen MR) is 86.0 cm³/mol. The van der Waals surface area contributed by atoms with Crippen LogP contribution in [0.5, 0.6) is 0 Å². The van der Waals surface area contributed by atoms with Crippen LogP contribution < -0.4 is 10.6 Å². The Morgan fingerprint density at radius 2 is 2.00 bits per heavy atom. The third-order valence-electron chi connectivity index (χ3n) is 4.26. The Balaban J connectivity index is 2.07. The standard InChI is InChI=1S/C18H21FN2/c1-12(20)13-5-7-17(19)16(11-13)14-6-8-18-15(10-14)4-3-9-21(18)2/h5-8,10-12H,3-4,9,20H2,1-2H3. The summed E-state index contributed by atoms with van der Waals surface area (Å²) in [7, 11) is 2.11. The maximum absolute atomic E-state index is 14.2. The summed E-state index contributed by atoms with van der Waals surface area (Å²) in [5.41, 5.74) is 11.0. The number of hydrogen-bond donors (Lipinski definition) is 1. The number of nitrogens with two attached hydrogens (primary N) is 1. The van der Waals surface area contributed by atoms with Gasteiger partial charge in [0.25, 0.3) is 0 Å². The topological polar surface area (TPSA) is 29.3 Å². The molecule has 2 N–H and O–H groups in total. The summed E-state index contributed by atoms with van der Waals surface area (Å²) in [6.45, 7) is 3.00. The third-order valence-corrected chi connectivity index (χ3v) is 4.26. The van der Waals surface area contributed by atoms with Crippen molar-refractivity contribution < 1.29 is 4.39 Å². The van der Waals surface area contributed by atoms with Crippen LogP contribution in [0.4, 0.5) is 10.1 Å². The van der Waals surface area contributed by atoms with Gasteiger partial charge in [-0.05, 0) is 60.7 Å². The van der Waals surface area contributed by atoms with Crippen LogP contribution in [-0.4, -0.2) is 13.6 Å². The molecule has 0 aliphatic carbocycles. The Bertz CT molecular complexity index is 664. The largest absolute Gasteiger partial charge is 0.374 e. The normalized spacial score (nSPS) is 15.7. The van der Waals surface area contributed by atoms with Gasteiger partial charge in [-0.25, -0.2) is 4.39 Å². The first-order valence-corrected chi connectivity index (χ1v) is 7.46. The molecule has 2 aromatic carbocycles. The Hall–Kier alpha value is -1.87. The molecule has 1 unspecified atom stereocenters. The molecule has 2 aromatic rings. The van der Waals surface area contributed by atoms with Gasteiger partial charge in [-0.3, -0.25) is 0 Å². The lowest BCUT2D eigenvalue weighted by Gasteiger charge is -2.28. The van der Waals surface area contributed by atoms with Crippen molar-refractivity contribution >= 4 is 5.69 Å². The number of benzene rings is 2. The number of nitrogens with zero attached hydrogens (tertiary/aromatic N) is 1. The van der Waals surface area contributed by atoms with Gasteiger partial charge in [-0.1, -0.05) is 12.1 Å². The zero-order valence-corrected chi connectivity index (χ0v) is 12.6. The summed E-state index contributed by atoms with van der Waals surface area (Å²) >= 11 is 0. The quantitative estimate of drug-likeness (QED) is 0.906. The lowest BCUT2D eigenvalue weighted by atomic mass is 9.94. The van der Waals surface area contributed by atoms with E-state index in [2.05, 4.69) is 24.1 Å². The minimum atomic E-state index is -0.191. The molecule has 110 valence electrons. The highest BCUT2D eigenvalue weighted by molar-refractivity contribution is 5.70. The highest BCUT2D eigenvalue weighted by Gasteiger charge is 2.15. The Labute approximate surface area is 125 Å². The summed E-state index contributed by atoms with van der Waals surface area (Å²) in [6, 6.07) is 11.3. The summed E-state index contributed by atoms with van der Waals surface area (Å²) < 4.78 is 14.2. The molecule has 0 spiro atoms. The van der Waals surface area contributed by atoms with Crippen LogP contribution >= 0.6 is 0 Å². The number of aryl methyl sites for hydroxylation is 1. The Kier molecular flexibility index (Phi) is 3.68. The Morgan fingerprint density at radius 3 is 2.76 bits per heavy atom. The molecular formula is C18H21FN2. The fraction of sp³-hybridized carbons (Fsp3) is 0.333. The molecule has 0 amide bonds. The first-order chi connectivity index (χ1) is 10.1. The highest BCUT2D eigenvalue weighted by atomic mass is 19.1. The van der Waals surface area contributed by atoms with E-state index in [9.17, 15) is 4.39 Å². The molecule has 1 atom stereocenters. The second kappa shape index (κ2) is 5.49. The fourth-order valence-electron chi connectivity index (χ4n) is 3.00. The van der Waals surface area contributed by atoms with E-state index in [1.807, 2.05) is 19.1 Å². The van der Waals surface area contributed by atoms with Crippen molar-refractivity contribution in [2.24, 2.45) is 5.73 Å². The van der Waals surface area contributed by atoms with E-state index in [-0.39, 0.29) is 11.9 Å². The van der Waals surface area contributed by atoms with Gasteiger partial charge in [-0.2, -0.15) is 0 Å². The van der Waals surface area contributed by atoms with Gasteiger partial charge in [-0.15, -0.1) is 0 Å². The van der Waals surface area contributed by atoms with E-state index in [1.165, 1.54) is 17.3 Å². The van der Waals surface area contributed by atoms with Gasteiger partial charge < -0.3 is 10.6 Å². The van der Waals surface area contributed by atoms with Crippen LogP contribution in [0.25, 0.3) is 11.1 Å². The van der Waals surface area contributed by atoms with Gasteiger partial charge in [0.1, 0.15) is 5.82 Å². The monoisotopic (exact) mass is 284 g/mol. The smallest absolute Gasteiger partial charge is 0.131 e. The zero-order chi connectivity index (χ0) is 15.0. The van der Waals surface area contributed by atoms with E-state index < -0.39 is 0 Å². The minimum Gasteiger partial charge on any atom is -0.374 e. The van der Waals surface area contributed by atoms with Crippen LogP contribution in [0.15, 0.2) is 36.4 Å². The van der Waals surface area contributed by atoms with Crippen molar-refractivity contribution in [1.82, 2.24) is 0 Å². The molecule has 0 fully saturated rings. The van der Waals surface area contributed by atoms with Crippen molar-refractivity contribution in [2.45, 2.75) is 25.8 Å². The zero-order valence-electron chi connectivity index (χ0n) is 12.6. The van der Waals surface area contributed by atoms with Crippen LogP contribution in [0.1, 0.15) is 30.5 Å². The fourth-order valence-corrected chi connectivity index (χ4v) is 3.00. The molecule has 0 saturated heterocycles. The average molecular weight is 284 g/mol. The summed E-state index contributed by atoms with van der Waals surface area (Å²) in [5, 5.41) is 0. The maximum atomic E-state index is 14.2. The summed E-state index contributed by atoms with van der Waals surface area (Å²) in [5.74, 6) is -0.191. The lowest BCUT2D eigenvalue weighted by Crippen LogP contribution is -2.24. The van der Waals surface area contributed by atoms with Crippen molar-refractivity contribution in [3.63, 3.8) is 0 Å². The highest BCUT2D eigenvalue weighted by Crippen LogP contribution is 2.32. The molecule has 3 heteroatoms. The lowest BCUT2D eigenvalue weighted by molar-refractivity contribution is 0.629. The molecule has 0 bridgehead atoms. The predicted octanol–water partition coefficient (Wildman–Crippen LogP) is 3.89. The van der Waals surface area contributed by atoms with E-state index in [4.69, 9.17) is 5.73 Å². The first kappa shape index (κ1) is 14.1. The molecule has 1 heterocycles. The SMILES string of the molecule is CC(N)c1ccc(F)c(-c2ccc3c(c2)CCCN3C)c1. The number of rotatable bonds is 2. The first-order valence-electron chi connectivity index (χ1n) is 7.46. The second-order valence-corrected chi connectivity index (χ2v) is 5.90. The summed E-state index contributed by atoms with van der Waals surface area (Å²) in [6.07, 6.45) is 2.21. The molecule has 2 nitrogen and oxygen atoms in total. The average Bonchev–Trinajstić information content (AvgIpc) is 2.47. The molecule has 1 aliphatic heterocycles. The van der Waals surface area contributed by atoms with E-state index in [0.717, 1.165) is 30.5 Å². The van der Waals surface area contributed by atoms with Crippen LogP contribution in [0.2, 0.25) is 0 Å².